The van der Waals surface area contributed by atoms with Crippen LogP contribution in [0.5, 0.6) is 0 Å². The molecule has 1 unspecified atom stereocenters. The number of carbonyl (C=O) groups excluding carboxylic acids is 1. The maximum Gasteiger partial charge on any atom is 0.254 e. The Morgan fingerprint density at radius 1 is 0.919 bits per heavy atom. The Morgan fingerprint density at radius 3 is 2.14 bits per heavy atom. The van der Waals surface area contributed by atoms with Crippen molar-refractivity contribution in [3.05, 3.63) is 94.2 Å². The van der Waals surface area contributed by atoms with E-state index in [4.69, 9.17) is 0 Å². The zero-order valence-corrected chi connectivity index (χ0v) is 21.8. The Bertz CT molecular complexity index is 1230. The van der Waals surface area contributed by atoms with Gasteiger partial charge >= 0.3 is 0 Å². The molecule has 2 N–H and O–H groups in total. The fourth-order valence-electron chi connectivity index (χ4n) is 5.80. The highest BCUT2D eigenvalue weighted by molar-refractivity contribution is 7.09. The lowest BCUT2D eigenvalue weighted by Gasteiger charge is -2.25. The molecule has 4 aromatic rings. The van der Waals surface area contributed by atoms with Crippen molar-refractivity contribution in [3.8, 4) is 0 Å². The number of benzene rings is 1. The molecular formula is C28H33N7OS. The molecule has 1 amide bonds. The molecule has 8 nitrogen and oxygen atoms in total. The summed E-state index contributed by atoms with van der Waals surface area (Å²) in [6, 6.07) is 12.5. The minimum Gasteiger partial charge on any atom is -0.347 e. The van der Waals surface area contributed by atoms with E-state index in [1.54, 1.807) is 29.7 Å². The molecule has 192 valence electrons. The average molecular weight is 516 g/mol. The Labute approximate surface area is 221 Å². The van der Waals surface area contributed by atoms with Crippen molar-refractivity contribution in [2.45, 2.75) is 39.0 Å². The van der Waals surface area contributed by atoms with Gasteiger partial charge in [-0.3, -0.25) is 14.6 Å². The lowest BCUT2D eigenvalue weighted by atomic mass is 9.86. The van der Waals surface area contributed by atoms with Crippen LogP contribution < -0.4 is 0 Å². The van der Waals surface area contributed by atoms with Crippen molar-refractivity contribution in [3.63, 3.8) is 0 Å². The molecule has 0 aliphatic carbocycles. The number of amides is 1. The van der Waals surface area contributed by atoms with E-state index >= 15 is 0 Å². The zero-order valence-electron chi connectivity index (χ0n) is 21.0. The van der Waals surface area contributed by atoms with E-state index in [0.717, 1.165) is 37.8 Å². The van der Waals surface area contributed by atoms with Gasteiger partial charge in [0.2, 0.25) is 0 Å². The second kappa shape index (κ2) is 10.6. The molecule has 9 heteroatoms. The number of aromatic nitrogens is 4. The van der Waals surface area contributed by atoms with Crippen molar-refractivity contribution >= 4 is 17.2 Å². The largest absolute Gasteiger partial charge is 0.347 e. The van der Waals surface area contributed by atoms with E-state index in [9.17, 15) is 4.79 Å². The van der Waals surface area contributed by atoms with Gasteiger partial charge in [-0.2, -0.15) is 0 Å². The highest BCUT2D eigenvalue weighted by Gasteiger charge is 2.43. The number of nitrogens with one attached hydrogen (secondary N) is 2. The van der Waals surface area contributed by atoms with E-state index in [2.05, 4.69) is 59.4 Å². The predicted octanol–water partition coefficient (Wildman–Crippen LogP) is 4.13. The van der Waals surface area contributed by atoms with Gasteiger partial charge in [0, 0.05) is 61.4 Å². The van der Waals surface area contributed by atoms with Crippen LogP contribution in [-0.2, 0) is 26.2 Å². The second-order valence-corrected chi connectivity index (χ2v) is 11.5. The molecule has 2 aliphatic rings. The zero-order chi connectivity index (χ0) is 25.1. The van der Waals surface area contributed by atoms with Gasteiger partial charge in [-0.25, -0.2) is 9.97 Å². The molecule has 0 radical (unpaired) electrons. The number of carbonyl (C=O) groups is 1. The van der Waals surface area contributed by atoms with E-state index in [-0.39, 0.29) is 5.91 Å². The lowest BCUT2D eigenvalue weighted by Crippen LogP contribution is -2.31. The number of likely N-dealkylation sites (tertiary alicyclic amines) is 2. The third-order valence-electron chi connectivity index (χ3n) is 7.68. The molecule has 5 heterocycles. The number of rotatable bonds is 9. The van der Waals surface area contributed by atoms with Crippen molar-refractivity contribution in [1.29, 1.82) is 0 Å². The van der Waals surface area contributed by atoms with E-state index in [1.807, 2.05) is 23.5 Å². The standard InChI is InChI=1S/C28H33N7OS/c36-27(35(18-25-29-9-10-30-25)19-26-31-11-12-32-26)23-5-3-22(4-6-23)16-33-13-7-28(20-33)8-14-34(21-28)17-24-2-1-15-37-24/h1-6,9-12,15H,7-8,13-14,16-21H2,(H,29,30)(H,31,32). The maximum absolute atomic E-state index is 13.4. The molecule has 1 spiro atoms. The molecule has 3 aromatic heterocycles. The first-order chi connectivity index (χ1) is 18.1. The lowest BCUT2D eigenvalue weighted by molar-refractivity contribution is 0.0721. The molecule has 0 saturated carbocycles. The number of nitrogens with zero attached hydrogens (tertiary/aromatic N) is 5. The molecule has 2 aliphatic heterocycles. The maximum atomic E-state index is 13.4. The monoisotopic (exact) mass is 515 g/mol. The van der Waals surface area contributed by atoms with Gasteiger partial charge in [-0.15, -0.1) is 11.3 Å². The number of hydrogen-bond donors (Lipinski definition) is 2. The van der Waals surface area contributed by atoms with Crippen LogP contribution >= 0.6 is 11.3 Å². The summed E-state index contributed by atoms with van der Waals surface area (Å²) in [5, 5.41) is 2.17. The van der Waals surface area contributed by atoms with Crippen molar-refractivity contribution in [2.75, 3.05) is 26.2 Å². The first-order valence-corrected chi connectivity index (χ1v) is 13.8. The van der Waals surface area contributed by atoms with Gasteiger partial charge in [0.05, 0.1) is 13.1 Å². The SMILES string of the molecule is O=C(c1ccc(CN2CCC3(CCN(Cc4cccs4)C3)C2)cc1)N(Cc1ncc[nH]1)Cc1ncc[nH]1. The minimum absolute atomic E-state index is 0.0312. The Kier molecular flexibility index (Phi) is 6.91. The van der Waals surface area contributed by atoms with Crippen LogP contribution in [0.25, 0.3) is 0 Å². The number of imidazole rings is 2. The third kappa shape index (κ3) is 5.69. The van der Waals surface area contributed by atoms with Gasteiger partial charge in [0.1, 0.15) is 11.6 Å². The van der Waals surface area contributed by atoms with Crippen LogP contribution in [-0.4, -0.2) is 66.7 Å². The Morgan fingerprint density at radius 2 is 1.57 bits per heavy atom. The van der Waals surface area contributed by atoms with E-state index < -0.39 is 0 Å². The molecule has 37 heavy (non-hydrogen) atoms. The van der Waals surface area contributed by atoms with Crippen LogP contribution in [0.1, 0.15) is 45.3 Å². The van der Waals surface area contributed by atoms with Crippen LogP contribution in [0.2, 0.25) is 0 Å². The fraction of sp³-hybridized carbons (Fsp3) is 0.393. The predicted molar refractivity (Wildman–Crippen MR) is 144 cm³/mol. The summed E-state index contributed by atoms with van der Waals surface area (Å²) < 4.78 is 0. The normalized spacial score (nSPS) is 20.2. The van der Waals surface area contributed by atoms with E-state index in [0.29, 0.717) is 24.1 Å². The van der Waals surface area contributed by atoms with Crippen LogP contribution in [0, 0.1) is 5.41 Å². The molecule has 1 atom stereocenters. The molecule has 2 fully saturated rings. The molecular weight excluding hydrogens is 482 g/mol. The van der Waals surface area contributed by atoms with Gasteiger partial charge in [-0.1, -0.05) is 18.2 Å². The van der Waals surface area contributed by atoms with Gasteiger partial charge in [0.15, 0.2) is 0 Å². The summed E-state index contributed by atoms with van der Waals surface area (Å²) in [7, 11) is 0. The first-order valence-electron chi connectivity index (χ1n) is 13.0. The average Bonchev–Trinajstić information content (AvgIpc) is 3.74. The molecule has 1 aromatic carbocycles. The number of H-pyrrole nitrogens is 2. The van der Waals surface area contributed by atoms with E-state index in [1.165, 1.54) is 36.4 Å². The minimum atomic E-state index is -0.0312. The number of aromatic amines is 2. The molecule has 0 bridgehead atoms. The van der Waals surface area contributed by atoms with Gasteiger partial charge < -0.3 is 14.9 Å². The van der Waals surface area contributed by atoms with Gasteiger partial charge in [0.25, 0.3) is 5.91 Å². The van der Waals surface area contributed by atoms with Crippen molar-refractivity contribution < 1.29 is 4.79 Å². The first kappa shape index (κ1) is 24.1. The summed E-state index contributed by atoms with van der Waals surface area (Å²) in [6.45, 7) is 7.53. The second-order valence-electron chi connectivity index (χ2n) is 10.4. The summed E-state index contributed by atoms with van der Waals surface area (Å²) in [6.07, 6.45) is 9.52. The number of hydrogen-bond acceptors (Lipinski definition) is 6. The van der Waals surface area contributed by atoms with Crippen LogP contribution in [0.15, 0.2) is 66.6 Å². The number of thiophene rings is 1. The summed E-state index contributed by atoms with van der Waals surface area (Å²) in [5.41, 5.74) is 2.37. The topological polar surface area (TPSA) is 84.2 Å². The highest BCUT2D eigenvalue weighted by Crippen LogP contribution is 2.40. The Hall–Kier alpha value is -3.27. The third-order valence-corrected chi connectivity index (χ3v) is 8.54. The summed E-state index contributed by atoms with van der Waals surface area (Å²) in [4.78, 5) is 36.6. The summed E-state index contributed by atoms with van der Waals surface area (Å²) >= 11 is 1.86. The fourth-order valence-corrected chi connectivity index (χ4v) is 6.55. The molecule has 2 saturated heterocycles. The van der Waals surface area contributed by atoms with Crippen molar-refractivity contribution in [1.82, 2.24) is 34.6 Å². The molecule has 6 rings (SSSR count). The van der Waals surface area contributed by atoms with Crippen molar-refractivity contribution in [2.24, 2.45) is 5.41 Å². The smallest absolute Gasteiger partial charge is 0.254 e. The van der Waals surface area contributed by atoms with Crippen LogP contribution in [0.4, 0.5) is 0 Å². The quantitative estimate of drug-likeness (QED) is 0.350. The highest BCUT2D eigenvalue weighted by atomic mass is 32.1. The van der Waals surface area contributed by atoms with Gasteiger partial charge in [-0.05, 0) is 60.5 Å². The Balaban J connectivity index is 1.06. The van der Waals surface area contributed by atoms with Crippen LogP contribution in [0.3, 0.4) is 0 Å². The summed E-state index contributed by atoms with van der Waals surface area (Å²) in [5.74, 6) is 1.47.